The average molecular weight is 377 g/mol. The molecule has 0 amide bonds. The van der Waals surface area contributed by atoms with Gasteiger partial charge in [0.05, 0.1) is 11.0 Å². The van der Waals surface area contributed by atoms with E-state index < -0.39 is 10.0 Å². The summed E-state index contributed by atoms with van der Waals surface area (Å²) in [7, 11) is -3.56. The fourth-order valence-corrected chi connectivity index (χ4v) is 4.46. The number of benzene rings is 1. The predicted octanol–water partition coefficient (Wildman–Crippen LogP) is 2.51. The van der Waals surface area contributed by atoms with Crippen LogP contribution in [0.5, 0.6) is 0 Å². The zero-order valence-electron chi connectivity index (χ0n) is 12.4. The maximum atomic E-state index is 12.4. The van der Waals surface area contributed by atoms with Crippen molar-refractivity contribution in [2.45, 2.75) is 44.2 Å². The van der Waals surface area contributed by atoms with E-state index in [1.807, 2.05) is 20.8 Å². The molecule has 1 aromatic rings. The summed E-state index contributed by atoms with van der Waals surface area (Å²) < 4.78 is 33.8. The highest BCUT2D eigenvalue weighted by molar-refractivity contribution is 9.10. The van der Waals surface area contributed by atoms with Gasteiger partial charge in [-0.3, -0.25) is 0 Å². The van der Waals surface area contributed by atoms with Crippen LogP contribution in [0, 0.1) is 5.41 Å². The van der Waals surface area contributed by atoms with Gasteiger partial charge in [0.15, 0.2) is 0 Å². The van der Waals surface area contributed by atoms with Gasteiger partial charge in [0.2, 0.25) is 10.0 Å². The molecule has 2 rings (SSSR count). The van der Waals surface area contributed by atoms with E-state index in [0.29, 0.717) is 23.2 Å². The third kappa shape index (κ3) is 3.26. The maximum absolute atomic E-state index is 12.4. The molecule has 2 unspecified atom stereocenters. The zero-order valence-corrected chi connectivity index (χ0v) is 14.8. The Balaban J connectivity index is 2.14. The van der Waals surface area contributed by atoms with Crippen molar-refractivity contribution in [1.29, 1.82) is 0 Å². The molecular formula is C14H21BrN2O3S. The lowest BCUT2D eigenvalue weighted by atomic mass is 9.65. The molecule has 0 aliphatic heterocycles. The number of nitrogens with two attached hydrogens (primary N) is 1. The Morgan fingerprint density at radius 2 is 2.14 bits per heavy atom. The molecule has 0 bridgehead atoms. The van der Waals surface area contributed by atoms with Crippen LogP contribution in [0.4, 0.5) is 5.69 Å². The Labute approximate surface area is 134 Å². The van der Waals surface area contributed by atoms with Crippen LogP contribution in [0.3, 0.4) is 0 Å². The molecule has 0 heterocycles. The smallest absolute Gasteiger partial charge is 0.240 e. The van der Waals surface area contributed by atoms with Gasteiger partial charge in [-0.05, 0) is 47.5 Å². The van der Waals surface area contributed by atoms with E-state index in [2.05, 4.69) is 20.7 Å². The van der Waals surface area contributed by atoms with Crippen molar-refractivity contribution in [3.63, 3.8) is 0 Å². The average Bonchev–Trinajstić information content (AvgIpc) is 2.40. The molecule has 7 heteroatoms. The number of nitrogen functional groups attached to an aromatic ring is 1. The van der Waals surface area contributed by atoms with Crippen LogP contribution in [0.1, 0.15) is 27.2 Å². The lowest BCUT2D eigenvalue weighted by Crippen LogP contribution is -2.61. The van der Waals surface area contributed by atoms with E-state index in [-0.39, 0.29) is 22.5 Å². The third-order valence-electron chi connectivity index (χ3n) is 4.13. The number of anilines is 1. The summed E-state index contributed by atoms with van der Waals surface area (Å²) in [6, 6.07) is 4.47. The number of halogens is 1. The lowest BCUT2D eigenvalue weighted by Gasteiger charge is -2.51. The molecule has 0 aromatic heterocycles. The van der Waals surface area contributed by atoms with Gasteiger partial charge in [-0.2, -0.15) is 0 Å². The van der Waals surface area contributed by atoms with Crippen molar-refractivity contribution < 1.29 is 13.2 Å². The summed E-state index contributed by atoms with van der Waals surface area (Å²) in [4.78, 5) is 0.208. The first-order valence-electron chi connectivity index (χ1n) is 6.87. The Bertz CT molecular complexity index is 631. The molecule has 1 aliphatic carbocycles. The van der Waals surface area contributed by atoms with Crippen LogP contribution in [0.15, 0.2) is 27.6 Å². The Kier molecular flexibility index (Phi) is 4.68. The van der Waals surface area contributed by atoms with Gasteiger partial charge < -0.3 is 10.5 Å². The van der Waals surface area contributed by atoms with Crippen LogP contribution in [-0.4, -0.2) is 27.2 Å². The first-order chi connectivity index (χ1) is 9.68. The van der Waals surface area contributed by atoms with Gasteiger partial charge in [0, 0.05) is 28.2 Å². The fraction of sp³-hybridized carbons (Fsp3) is 0.571. The maximum Gasteiger partial charge on any atom is 0.240 e. The first-order valence-corrected chi connectivity index (χ1v) is 9.15. The van der Waals surface area contributed by atoms with Crippen molar-refractivity contribution in [1.82, 2.24) is 4.72 Å². The Morgan fingerprint density at radius 3 is 2.67 bits per heavy atom. The molecule has 0 saturated heterocycles. The number of sulfonamides is 1. The quantitative estimate of drug-likeness (QED) is 0.773. The Hall–Kier alpha value is -0.630. The van der Waals surface area contributed by atoms with Crippen LogP contribution < -0.4 is 10.5 Å². The number of ether oxygens (including phenoxy) is 1. The van der Waals surface area contributed by atoms with Gasteiger partial charge in [0.1, 0.15) is 0 Å². The monoisotopic (exact) mass is 376 g/mol. The lowest BCUT2D eigenvalue weighted by molar-refractivity contribution is -0.108. The highest BCUT2D eigenvalue weighted by Gasteiger charge is 2.50. The zero-order chi connectivity index (χ0) is 15.8. The van der Waals surface area contributed by atoms with Crippen molar-refractivity contribution in [3.05, 3.63) is 22.7 Å². The first kappa shape index (κ1) is 16.7. The standard InChI is InChI=1S/C14H21BrN2O3S/c1-4-20-13-8-12(14(13,2)3)17-21(18,19)9-5-6-11(16)10(15)7-9/h5-7,12-13,17H,4,8,16H2,1-3H3. The van der Waals surface area contributed by atoms with Crippen molar-refractivity contribution >= 4 is 31.6 Å². The highest BCUT2D eigenvalue weighted by Crippen LogP contribution is 2.43. The number of nitrogens with one attached hydrogen (secondary N) is 1. The minimum atomic E-state index is -3.56. The number of rotatable bonds is 5. The predicted molar refractivity (Wildman–Crippen MR) is 86.5 cm³/mol. The van der Waals surface area contributed by atoms with Gasteiger partial charge in [-0.1, -0.05) is 13.8 Å². The molecule has 5 nitrogen and oxygen atoms in total. The van der Waals surface area contributed by atoms with E-state index in [4.69, 9.17) is 10.5 Å². The number of hydrogen-bond acceptors (Lipinski definition) is 4. The summed E-state index contributed by atoms with van der Waals surface area (Å²) in [6.45, 7) is 6.61. The van der Waals surface area contributed by atoms with E-state index in [9.17, 15) is 8.42 Å². The van der Waals surface area contributed by atoms with E-state index >= 15 is 0 Å². The fourth-order valence-electron chi connectivity index (χ4n) is 2.50. The Morgan fingerprint density at radius 1 is 1.48 bits per heavy atom. The summed E-state index contributed by atoms with van der Waals surface area (Å²) in [5.41, 5.74) is 5.98. The van der Waals surface area contributed by atoms with Crippen LogP contribution in [0.25, 0.3) is 0 Å². The largest absolute Gasteiger partial charge is 0.398 e. The molecular weight excluding hydrogens is 356 g/mol. The highest BCUT2D eigenvalue weighted by atomic mass is 79.9. The molecule has 118 valence electrons. The molecule has 1 saturated carbocycles. The second-order valence-corrected chi connectivity index (χ2v) is 8.43. The van der Waals surface area contributed by atoms with Gasteiger partial charge in [0.25, 0.3) is 0 Å². The molecule has 2 atom stereocenters. The van der Waals surface area contributed by atoms with Crippen LogP contribution in [-0.2, 0) is 14.8 Å². The van der Waals surface area contributed by atoms with Crippen molar-refractivity contribution in [2.24, 2.45) is 5.41 Å². The minimum Gasteiger partial charge on any atom is -0.398 e. The second-order valence-electron chi connectivity index (χ2n) is 5.86. The molecule has 1 aliphatic rings. The van der Waals surface area contributed by atoms with Crippen LogP contribution in [0.2, 0.25) is 0 Å². The summed E-state index contributed by atoms with van der Waals surface area (Å²) >= 11 is 3.25. The van der Waals surface area contributed by atoms with Crippen molar-refractivity contribution in [3.8, 4) is 0 Å². The van der Waals surface area contributed by atoms with Crippen LogP contribution >= 0.6 is 15.9 Å². The van der Waals surface area contributed by atoms with Gasteiger partial charge >= 0.3 is 0 Å². The second kappa shape index (κ2) is 5.87. The molecule has 1 fully saturated rings. The van der Waals surface area contributed by atoms with Gasteiger partial charge in [-0.25, -0.2) is 13.1 Å². The topological polar surface area (TPSA) is 81.4 Å². The molecule has 21 heavy (non-hydrogen) atoms. The van der Waals surface area contributed by atoms with E-state index in [0.717, 1.165) is 0 Å². The summed E-state index contributed by atoms with van der Waals surface area (Å²) in [5.74, 6) is 0. The molecule has 0 spiro atoms. The summed E-state index contributed by atoms with van der Waals surface area (Å²) in [6.07, 6.45) is 0.782. The van der Waals surface area contributed by atoms with Gasteiger partial charge in [-0.15, -0.1) is 0 Å². The summed E-state index contributed by atoms with van der Waals surface area (Å²) in [5, 5.41) is 0. The SMILES string of the molecule is CCOC1CC(NS(=O)(=O)c2ccc(N)c(Br)c2)C1(C)C. The van der Waals surface area contributed by atoms with E-state index in [1.54, 1.807) is 6.07 Å². The van der Waals surface area contributed by atoms with E-state index in [1.165, 1.54) is 12.1 Å². The third-order valence-corrected chi connectivity index (χ3v) is 6.28. The minimum absolute atomic E-state index is 0.0911. The van der Waals surface area contributed by atoms with Crippen molar-refractivity contribution in [2.75, 3.05) is 12.3 Å². The number of hydrogen-bond donors (Lipinski definition) is 2. The molecule has 0 radical (unpaired) electrons. The normalized spacial score (nSPS) is 24.6. The molecule has 1 aromatic carbocycles. The molecule has 3 N–H and O–H groups in total.